The maximum atomic E-state index is 13.1. The molecule has 2 aromatic carbocycles. The molecule has 0 spiro atoms. The van der Waals surface area contributed by atoms with Crippen molar-refractivity contribution >= 4 is 23.1 Å². The normalized spacial score (nSPS) is 13.9. The summed E-state index contributed by atoms with van der Waals surface area (Å²) in [6, 6.07) is 8.71. The Morgan fingerprint density at radius 3 is 2.16 bits per heavy atom. The van der Waals surface area contributed by atoms with Gasteiger partial charge in [-0.1, -0.05) is 0 Å². The van der Waals surface area contributed by atoms with Crippen molar-refractivity contribution in [3.05, 3.63) is 59.7 Å². The topological polar surface area (TPSA) is 37.4 Å². The average Bonchev–Trinajstić information content (AvgIpc) is 2.64. The number of halogens is 2. The number of benzene rings is 2. The zero-order chi connectivity index (χ0) is 13.6. The molecule has 3 nitrogen and oxygen atoms in total. The second-order valence-electron chi connectivity index (χ2n) is 4.11. The van der Waals surface area contributed by atoms with Crippen molar-refractivity contribution in [1.82, 2.24) is 0 Å². The van der Waals surface area contributed by atoms with Gasteiger partial charge in [-0.15, -0.1) is 0 Å². The van der Waals surface area contributed by atoms with Crippen LogP contribution < -0.4 is 4.90 Å². The summed E-state index contributed by atoms with van der Waals surface area (Å²) < 4.78 is 26.0. The molecule has 1 aliphatic heterocycles. The van der Waals surface area contributed by atoms with Gasteiger partial charge in [0.2, 0.25) is 0 Å². The number of carbonyl (C=O) groups excluding carboxylic acids is 2. The van der Waals surface area contributed by atoms with E-state index in [1.54, 1.807) is 0 Å². The summed E-state index contributed by atoms with van der Waals surface area (Å²) in [5, 5.41) is 0. The molecular weight excluding hydrogens is 252 g/mol. The Morgan fingerprint density at radius 2 is 1.47 bits per heavy atom. The zero-order valence-electron chi connectivity index (χ0n) is 9.56. The Balaban J connectivity index is 2.16. The number of Topliss-reactive ketones (excluding diaryl/α,β-unsaturated/α-hetero) is 1. The van der Waals surface area contributed by atoms with Gasteiger partial charge in [-0.3, -0.25) is 14.5 Å². The fraction of sp³-hybridized carbons (Fsp3) is 0. The van der Waals surface area contributed by atoms with Gasteiger partial charge >= 0.3 is 5.91 Å². The lowest BCUT2D eigenvalue weighted by atomic mass is 10.1. The maximum absolute atomic E-state index is 13.1. The number of hydrogen-bond acceptors (Lipinski definition) is 2. The number of rotatable bonds is 1. The molecule has 0 atom stereocenters. The van der Waals surface area contributed by atoms with Gasteiger partial charge in [0.15, 0.2) is 0 Å². The molecule has 0 aliphatic carbocycles. The molecule has 0 fully saturated rings. The lowest BCUT2D eigenvalue weighted by Crippen LogP contribution is -2.24. The Hall–Kier alpha value is -2.56. The van der Waals surface area contributed by atoms with Crippen molar-refractivity contribution in [3.8, 4) is 0 Å². The summed E-state index contributed by atoms with van der Waals surface area (Å²) in [7, 11) is 0. The first-order chi connectivity index (χ1) is 9.08. The highest BCUT2D eigenvalue weighted by Gasteiger charge is 2.36. The van der Waals surface area contributed by atoms with Crippen LogP contribution in [0.4, 0.5) is 20.2 Å². The predicted octanol–water partition coefficient (Wildman–Crippen LogP) is 2.83. The number of amides is 1. The largest absolute Gasteiger partial charge is 0.304 e. The molecule has 3 rings (SSSR count). The van der Waals surface area contributed by atoms with Crippen LogP contribution in [0, 0.1) is 11.6 Å². The maximum Gasteiger partial charge on any atom is 0.304 e. The van der Waals surface area contributed by atoms with E-state index < -0.39 is 23.3 Å². The van der Waals surface area contributed by atoms with Gasteiger partial charge in [0.1, 0.15) is 11.6 Å². The predicted molar refractivity (Wildman–Crippen MR) is 64.3 cm³/mol. The summed E-state index contributed by atoms with van der Waals surface area (Å²) in [6.45, 7) is 0. The number of ketones is 1. The first-order valence-electron chi connectivity index (χ1n) is 5.52. The van der Waals surface area contributed by atoms with E-state index in [2.05, 4.69) is 0 Å². The van der Waals surface area contributed by atoms with Crippen LogP contribution in [0.2, 0.25) is 0 Å². The molecule has 0 radical (unpaired) electrons. The highest BCUT2D eigenvalue weighted by molar-refractivity contribution is 6.53. The van der Waals surface area contributed by atoms with E-state index in [9.17, 15) is 18.4 Å². The van der Waals surface area contributed by atoms with E-state index in [1.165, 1.54) is 36.4 Å². The van der Waals surface area contributed by atoms with E-state index in [1.807, 2.05) is 0 Å². The molecule has 0 N–H and O–H groups in total. The molecular formula is C14H7F2NO2. The second kappa shape index (κ2) is 3.98. The molecule has 1 amide bonds. The fourth-order valence-electron chi connectivity index (χ4n) is 2.06. The molecule has 94 valence electrons. The van der Waals surface area contributed by atoms with Crippen molar-refractivity contribution in [2.75, 3.05) is 4.90 Å². The zero-order valence-corrected chi connectivity index (χ0v) is 9.56. The summed E-state index contributed by atoms with van der Waals surface area (Å²) in [6.07, 6.45) is 0. The lowest BCUT2D eigenvalue weighted by molar-refractivity contribution is -0.113. The number of fused-ring (bicyclic) bond motifs is 1. The van der Waals surface area contributed by atoms with E-state index in [-0.39, 0.29) is 5.56 Å². The van der Waals surface area contributed by atoms with E-state index in [0.29, 0.717) is 11.4 Å². The van der Waals surface area contributed by atoms with Crippen molar-refractivity contribution in [3.63, 3.8) is 0 Å². The summed E-state index contributed by atoms with van der Waals surface area (Å²) >= 11 is 0. The van der Waals surface area contributed by atoms with Crippen LogP contribution >= 0.6 is 0 Å². The van der Waals surface area contributed by atoms with E-state index in [4.69, 9.17) is 0 Å². The van der Waals surface area contributed by atoms with Gasteiger partial charge in [0.25, 0.3) is 5.78 Å². The third-order valence-electron chi connectivity index (χ3n) is 2.93. The highest BCUT2D eigenvalue weighted by Crippen LogP contribution is 2.35. The van der Waals surface area contributed by atoms with Gasteiger partial charge in [-0.2, -0.15) is 0 Å². The first-order valence-corrected chi connectivity index (χ1v) is 5.52. The molecule has 1 aliphatic rings. The van der Waals surface area contributed by atoms with Crippen molar-refractivity contribution in [1.29, 1.82) is 0 Å². The SMILES string of the molecule is O=C1C(=O)N(c2ccc(F)cc2)c2ccc(F)cc21. The molecule has 0 saturated heterocycles. The quantitative estimate of drug-likeness (QED) is 0.738. The third kappa shape index (κ3) is 1.71. The third-order valence-corrected chi connectivity index (χ3v) is 2.93. The van der Waals surface area contributed by atoms with Crippen LogP contribution in [0.5, 0.6) is 0 Å². The minimum absolute atomic E-state index is 0.0225. The van der Waals surface area contributed by atoms with Crippen LogP contribution in [0.15, 0.2) is 42.5 Å². The van der Waals surface area contributed by atoms with E-state index >= 15 is 0 Å². The number of hydrogen-bond donors (Lipinski definition) is 0. The highest BCUT2D eigenvalue weighted by atomic mass is 19.1. The van der Waals surface area contributed by atoms with Crippen LogP contribution in [-0.2, 0) is 4.79 Å². The summed E-state index contributed by atoms with van der Waals surface area (Å²) in [4.78, 5) is 24.8. The Kier molecular flexibility index (Phi) is 2.41. The van der Waals surface area contributed by atoms with Crippen LogP contribution in [0.1, 0.15) is 10.4 Å². The van der Waals surface area contributed by atoms with Gasteiger partial charge in [0.05, 0.1) is 11.3 Å². The smallest absolute Gasteiger partial charge is 0.283 e. The summed E-state index contributed by atoms with van der Waals surface area (Å²) in [5.41, 5.74) is 0.697. The molecule has 0 saturated carbocycles. The monoisotopic (exact) mass is 259 g/mol. The van der Waals surface area contributed by atoms with E-state index in [0.717, 1.165) is 11.0 Å². The Morgan fingerprint density at radius 1 is 0.842 bits per heavy atom. The van der Waals surface area contributed by atoms with Crippen LogP contribution in [0.25, 0.3) is 0 Å². The van der Waals surface area contributed by atoms with Gasteiger partial charge in [0, 0.05) is 5.69 Å². The van der Waals surface area contributed by atoms with Crippen LogP contribution in [0.3, 0.4) is 0 Å². The standard InChI is InChI=1S/C14H7F2NO2/c15-8-1-4-10(5-2-8)17-12-6-3-9(16)7-11(12)13(18)14(17)19/h1-7H. The second-order valence-corrected chi connectivity index (χ2v) is 4.11. The van der Waals surface area contributed by atoms with Gasteiger partial charge < -0.3 is 0 Å². The molecule has 5 heteroatoms. The van der Waals surface area contributed by atoms with Crippen molar-refractivity contribution in [2.45, 2.75) is 0 Å². The Bertz CT molecular complexity index is 695. The van der Waals surface area contributed by atoms with Gasteiger partial charge in [-0.25, -0.2) is 8.78 Å². The molecule has 0 aromatic heterocycles. The first kappa shape index (κ1) is 11.5. The summed E-state index contributed by atoms with van der Waals surface area (Å²) in [5.74, 6) is -2.56. The minimum atomic E-state index is -0.771. The average molecular weight is 259 g/mol. The fourth-order valence-corrected chi connectivity index (χ4v) is 2.06. The minimum Gasteiger partial charge on any atom is -0.283 e. The lowest BCUT2D eigenvalue weighted by Gasteiger charge is -2.16. The molecule has 1 heterocycles. The van der Waals surface area contributed by atoms with Crippen molar-refractivity contribution < 1.29 is 18.4 Å². The molecule has 0 bridgehead atoms. The number of carbonyl (C=O) groups is 2. The molecule has 2 aromatic rings. The molecule has 0 unspecified atom stereocenters. The molecule has 19 heavy (non-hydrogen) atoms. The number of anilines is 2. The number of nitrogens with zero attached hydrogens (tertiary/aromatic N) is 1. The Labute approximate surface area is 107 Å². The van der Waals surface area contributed by atoms with Crippen LogP contribution in [-0.4, -0.2) is 11.7 Å². The van der Waals surface area contributed by atoms with Crippen molar-refractivity contribution in [2.24, 2.45) is 0 Å². The van der Waals surface area contributed by atoms with Gasteiger partial charge in [-0.05, 0) is 42.5 Å².